The van der Waals surface area contributed by atoms with Gasteiger partial charge in [-0.2, -0.15) is 0 Å². The summed E-state index contributed by atoms with van der Waals surface area (Å²) in [5, 5.41) is 3.10. The third kappa shape index (κ3) is 6.19. The second-order valence-corrected chi connectivity index (χ2v) is 3.74. The number of carbonyl (C=O) groups excluding carboxylic acids is 1. The molecule has 0 rings (SSSR count). The van der Waals surface area contributed by atoms with Crippen LogP contribution in [0.1, 0.15) is 13.8 Å². The van der Waals surface area contributed by atoms with Gasteiger partial charge in [-0.1, -0.05) is 6.92 Å². The van der Waals surface area contributed by atoms with Gasteiger partial charge >= 0.3 is 0 Å². The molecule has 0 saturated carbocycles. The molecule has 0 saturated heterocycles. The van der Waals surface area contributed by atoms with Crippen molar-refractivity contribution in [2.45, 2.75) is 19.1 Å². The van der Waals surface area contributed by atoms with E-state index in [0.29, 0.717) is 24.1 Å². The fourth-order valence-electron chi connectivity index (χ4n) is 0.534. The van der Waals surface area contributed by atoms with E-state index in [1.54, 1.807) is 11.8 Å². The molecule has 0 aliphatic carbocycles. The summed E-state index contributed by atoms with van der Waals surface area (Å²) in [5.41, 5.74) is 5.38. The average Bonchev–Trinajstić information content (AvgIpc) is 2.01. The highest BCUT2D eigenvalue weighted by atomic mass is 32.2. The van der Waals surface area contributed by atoms with E-state index in [1.165, 1.54) is 0 Å². The molecule has 0 aliphatic heterocycles. The predicted molar refractivity (Wildman–Crippen MR) is 49.7 cm³/mol. The van der Waals surface area contributed by atoms with Crippen molar-refractivity contribution in [1.29, 1.82) is 0 Å². The van der Waals surface area contributed by atoms with Crippen molar-refractivity contribution in [3.63, 3.8) is 0 Å². The first-order chi connectivity index (χ1) is 5.20. The minimum Gasteiger partial charge on any atom is -0.356 e. The largest absolute Gasteiger partial charge is 0.356 e. The molecular formula is C7H16N2OS. The number of hydrogen-bond donors (Lipinski definition) is 2. The molecule has 1 atom stereocenters. The second-order valence-electron chi connectivity index (χ2n) is 2.31. The number of rotatable bonds is 5. The molecule has 66 valence electrons. The van der Waals surface area contributed by atoms with Crippen molar-refractivity contribution in [2.75, 3.05) is 18.8 Å². The highest BCUT2D eigenvalue weighted by molar-refractivity contribution is 8.00. The van der Waals surface area contributed by atoms with Gasteiger partial charge in [0.05, 0.1) is 5.75 Å². The summed E-state index contributed by atoms with van der Waals surface area (Å²) in [7, 11) is 0. The van der Waals surface area contributed by atoms with Gasteiger partial charge in [-0.3, -0.25) is 4.79 Å². The summed E-state index contributed by atoms with van der Waals surface area (Å²) in [6, 6.07) is 0. The molecule has 0 aromatic rings. The van der Waals surface area contributed by atoms with Crippen LogP contribution in [0.5, 0.6) is 0 Å². The van der Waals surface area contributed by atoms with Gasteiger partial charge in [0.2, 0.25) is 5.91 Å². The summed E-state index contributed by atoms with van der Waals surface area (Å²) in [6.07, 6.45) is 0. The number of nitrogens with two attached hydrogens (primary N) is 1. The van der Waals surface area contributed by atoms with Crippen molar-refractivity contribution in [3.05, 3.63) is 0 Å². The van der Waals surface area contributed by atoms with E-state index in [0.717, 1.165) is 0 Å². The Bertz CT molecular complexity index is 119. The normalized spacial score (nSPS) is 12.6. The molecule has 11 heavy (non-hydrogen) atoms. The van der Waals surface area contributed by atoms with E-state index in [1.807, 2.05) is 13.8 Å². The van der Waals surface area contributed by atoms with Crippen LogP contribution < -0.4 is 11.1 Å². The Morgan fingerprint density at radius 3 is 2.82 bits per heavy atom. The maximum atomic E-state index is 10.9. The number of amides is 1. The first-order valence-electron chi connectivity index (χ1n) is 3.79. The van der Waals surface area contributed by atoms with Crippen LogP contribution in [0.2, 0.25) is 0 Å². The third-order valence-electron chi connectivity index (χ3n) is 1.20. The van der Waals surface area contributed by atoms with Gasteiger partial charge in [-0.05, 0) is 6.92 Å². The van der Waals surface area contributed by atoms with Crippen molar-refractivity contribution < 1.29 is 4.79 Å². The topological polar surface area (TPSA) is 55.1 Å². The number of carbonyl (C=O) groups is 1. The van der Waals surface area contributed by atoms with Gasteiger partial charge in [0.15, 0.2) is 0 Å². The quantitative estimate of drug-likeness (QED) is 0.629. The van der Waals surface area contributed by atoms with Crippen LogP contribution in [0.4, 0.5) is 0 Å². The third-order valence-corrected chi connectivity index (χ3v) is 2.40. The van der Waals surface area contributed by atoms with Crippen LogP contribution in [0.25, 0.3) is 0 Å². The van der Waals surface area contributed by atoms with Crippen LogP contribution in [-0.4, -0.2) is 30.0 Å². The van der Waals surface area contributed by atoms with E-state index in [4.69, 9.17) is 5.73 Å². The van der Waals surface area contributed by atoms with Gasteiger partial charge in [0, 0.05) is 18.3 Å². The Labute approximate surface area is 72.1 Å². The maximum absolute atomic E-state index is 10.9. The lowest BCUT2D eigenvalue weighted by molar-refractivity contribution is -0.118. The zero-order chi connectivity index (χ0) is 8.69. The number of thioether (sulfide) groups is 1. The van der Waals surface area contributed by atoms with Gasteiger partial charge in [0.1, 0.15) is 0 Å². The SMILES string of the molecule is CCNC(=O)CSC(C)CN. The fourth-order valence-corrected chi connectivity index (χ4v) is 1.21. The molecule has 0 aromatic heterocycles. The van der Waals surface area contributed by atoms with Crippen LogP contribution >= 0.6 is 11.8 Å². The van der Waals surface area contributed by atoms with E-state index in [9.17, 15) is 4.79 Å². The fraction of sp³-hybridized carbons (Fsp3) is 0.857. The Kier molecular flexibility index (Phi) is 6.36. The standard InChI is InChI=1S/C7H16N2OS/c1-3-9-7(10)5-11-6(2)4-8/h6H,3-5,8H2,1-2H3,(H,9,10). The zero-order valence-electron chi connectivity index (χ0n) is 7.09. The molecule has 0 fully saturated rings. The molecular weight excluding hydrogens is 160 g/mol. The molecule has 3 nitrogen and oxygen atoms in total. The smallest absolute Gasteiger partial charge is 0.229 e. The molecule has 0 bridgehead atoms. The molecule has 1 amide bonds. The molecule has 0 radical (unpaired) electrons. The highest BCUT2D eigenvalue weighted by Crippen LogP contribution is 2.07. The Morgan fingerprint density at radius 1 is 1.73 bits per heavy atom. The van der Waals surface area contributed by atoms with Crippen LogP contribution in [0.3, 0.4) is 0 Å². The lowest BCUT2D eigenvalue weighted by Crippen LogP contribution is -2.26. The predicted octanol–water partition coefficient (Wildman–Crippen LogP) is 0.203. The Morgan fingerprint density at radius 2 is 2.36 bits per heavy atom. The van der Waals surface area contributed by atoms with E-state index in [-0.39, 0.29) is 5.91 Å². The molecule has 3 N–H and O–H groups in total. The second kappa shape index (κ2) is 6.49. The van der Waals surface area contributed by atoms with Crippen molar-refractivity contribution in [2.24, 2.45) is 5.73 Å². The lowest BCUT2D eigenvalue weighted by atomic mass is 10.5. The van der Waals surface area contributed by atoms with Crippen molar-refractivity contribution in [3.8, 4) is 0 Å². The van der Waals surface area contributed by atoms with Gasteiger partial charge in [-0.15, -0.1) is 11.8 Å². The minimum absolute atomic E-state index is 0.0952. The van der Waals surface area contributed by atoms with E-state index >= 15 is 0 Å². The molecule has 1 unspecified atom stereocenters. The molecule has 0 spiro atoms. The summed E-state index contributed by atoms with van der Waals surface area (Å²) in [4.78, 5) is 10.9. The summed E-state index contributed by atoms with van der Waals surface area (Å²) in [6.45, 7) is 5.26. The lowest BCUT2D eigenvalue weighted by Gasteiger charge is -2.06. The first-order valence-corrected chi connectivity index (χ1v) is 4.84. The number of nitrogens with one attached hydrogen (secondary N) is 1. The molecule has 4 heteroatoms. The first kappa shape index (κ1) is 10.8. The van der Waals surface area contributed by atoms with Crippen LogP contribution in [0.15, 0.2) is 0 Å². The van der Waals surface area contributed by atoms with Crippen LogP contribution in [0, 0.1) is 0 Å². The van der Waals surface area contributed by atoms with E-state index in [2.05, 4.69) is 5.32 Å². The van der Waals surface area contributed by atoms with Gasteiger partial charge in [0.25, 0.3) is 0 Å². The number of hydrogen-bond acceptors (Lipinski definition) is 3. The van der Waals surface area contributed by atoms with E-state index < -0.39 is 0 Å². The highest BCUT2D eigenvalue weighted by Gasteiger charge is 2.03. The summed E-state index contributed by atoms with van der Waals surface area (Å²) in [5.74, 6) is 0.615. The summed E-state index contributed by atoms with van der Waals surface area (Å²) < 4.78 is 0. The van der Waals surface area contributed by atoms with Gasteiger partial charge < -0.3 is 11.1 Å². The van der Waals surface area contributed by atoms with Gasteiger partial charge in [-0.25, -0.2) is 0 Å². The Hall–Kier alpha value is -0.220. The van der Waals surface area contributed by atoms with Crippen molar-refractivity contribution in [1.82, 2.24) is 5.32 Å². The molecule has 0 aromatic carbocycles. The monoisotopic (exact) mass is 176 g/mol. The maximum Gasteiger partial charge on any atom is 0.229 e. The minimum atomic E-state index is 0.0952. The summed E-state index contributed by atoms with van der Waals surface area (Å²) >= 11 is 1.59. The molecule has 0 heterocycles. The van der Waals surface area contributed by atoms with Crippen LogP contribution in [-0.2, 0) is 4.79 Å². The zero-order valence-corrected chi connectivity index (χ0v) is 7.91. The average molecular weight is 176 g/mol. The Balaban J connectivity index is 3.30. The molecule has 0 aliphatic rings. The van der Waals surface area contributed by atoms with Crippen molar-refractivity contribution >= 4 is 17.7 Å².